The molecule has 0 unspecified atom stereocenters. The highest BCUT2D eigenvalue weighted by Crippen LogP contribution is 2.59. The van der Waals surface area contributed by atoms with Gasteiger partial charge in [0.05, 0.1) is 35.0 Å². The number of nitrogens with zero attached hydrogens (tertiary/aromatic N) is 5. The number of rotatable bonds is 2. The lowest BCUT2D eigenvalue weighted by molar-refractivity contribution is -0.162. The molecule has 3 aliphatic heterocycles. The number of urea groups is 1. The second-order valence-corrected chi connectivity index (χ2v) is 12.3. The van der Waals surface area contributed by atoms with Crippen molar-refractivity contribution >= 4 is 40.4 Å². The zero-order chi connectivity index (χ0) is 30.4. The third-order valence-corrected chi connectivity index (χ3v) is 9.87. The van der Waals surface area contributed by atoms with Gasteiger partial charge in [0.25, 0.3) is 0 Å². The molecule has 6 heterocycles. The molecule has 1 saturated heterocycles. The molecule has 0 bridgehead atoms. The standard InChI is InChI=1S/C29H26ClF3N8O3/c30-19-10-15-11-20(37-25(42)40-8-5-28(6-9-40)18-2-1-7-34-23(18)38-26(43)44-28)24-35-13-21(27(3-4-27)29(31,32)33)41(24)14-17(15)16-12-36-39-22(16)19/h1-2,7,10,12-13,20H,3-6,8-9,11,14H2,(H,36,39)(H,37,42)(H,34,38,43)/t20-/m1/s1. The molecule has 3 N–H and O–H groups in total. The van der Waals surface area contributed by atoms with Crippen LogP contribution in [-0.4, -0.2) is 61.0 Å². The highest BCUT2D eigenvalue weighted by Gasteiger charge is 2.66. The fraction of sp³-hybridized carbons (Fsp3) is 0.414. The average molecular weight is 627 g/mol. The molecule has 8 rings (SSSR count). The third kappa shape index (κ3) is 3.99. The van der Waals surface area contributed by atoms with Crippen LogP contribution in [0.1, 0.15) is 59.9 Å². The summed E-state index contributed by atoms with van der Waals surface area (Å²) in [5.41, 5.74) is 0.176. The molecule has 1 aromatic carbocycles. The van der Waals surface area contributed by atoms with E-state index in [1.807, 2.05) is 6.07 Å². The Morgan fingerprint density at radius 1 is 1.16 bits per heavy atom. The number of pyridine rings is 1. The summed E-state index contributed by atoms with van der Waals surface area (Å²) in [4.78, 5) is 36.4. The van der Waals surface area contributed by atoms with E-state index >= 15 is 0 Å². The maximum atomic E-state index is 14.3. The molecule has 1 saturated carbocycles. The van der Waals surface area contributed by atoms with Crippen molar-refractivity contribution in [2.75, 3.05) is 18.4 Å². The molecule has 1 atom stereocenters. The molecular weight excluding hydrogens is 601 g/mol. The van der Waals surface area contributed by atoms with Gasteiger partial charge in [0.2, 0.25) is 0 Å². The van der Waals surface area contributed by atoms with Gasteiger partial charge in [-0.25, -0.2) is 19.6 Å². The van der Waals surface area contributed by atoms with Gasteiger partial charge in [-0.05, 0) is 42.2 Å². The predicted octanol–water partition coefficient (Wildman–Crippen LogP) is 5.31. The minimum atomic E-state index is -4.43. The first kappa shape index (κ1) is 27.2. The van der Waals surface area contributed by atoms with Crippen molar-refractivity contribution in [3.8, 4) is 0 Å². The molecular formula is C29H26ClF3N8O3. The van der Waals surface area contributed by atoms with Gasteiger partial charge in [-0.1, -0.05) is 11.6 Å². The van der Waals surface area contributed by atoms with E-state index in [1.54, 1.807) is 34.0 Å². The van der Waals surface area contributed by atoms with Gasteiger partial charge in [0, 0.05) is 55.7 Å². The smallest absolute Gasteiger partial charge is 0.413 e. The Bertz CT molecular complexity index is 1840. The molecule has 228 valence electrons. The summed E-state index contributed by atoms with van der Waals surface area (Å²) >= 11 is 6.56. The number of aromatic nitrogens is 5. The summed E-state index contributed by atoms with van der Waals surface area (Å²) in [5.74, 6) is 0.799. The molecule has 0 radical (unpaired) electrons. The lowest BCUT2D eigenvalue weighted by Gasteiger charge is -2.43. The number of imidazole rings is 1. The molecule has 44 heavy (non-hydrogen) atoms. The van der Waals surface area contributed by atoms with Crippen LogP contribution in [0.5, 0.6) is 0 Å². The molecule has 3 aromatic heterocycles. The lowest BCUT2D eigenvalue weighted by atomic mass is 9.83. The normalized spacial score (nSPS) is 21.5. The highest BCUT2D eigenvalue weighted by atomic mass is 35.5. The van der Waals surface area contributed by atoms with E-state index in [2.05, 4.69) is 30.8 Å². The Hall–Kier alpha value is -4.33. The molecule has 2 fully saturated rings. The van der Waals surface area contributed by atoms with Crippen molar-refractivity contribution in [3.63, 3.8) is 0 Å². The zero-order valence-electron chi connectivity index (χ0n) is 23.2. The number of likely N-dealkylation sites (tertiary alicyclic amines) is 1. The molecule has 3 amide bonds. The van der Waals surface area contributed by atoms with Gasteiger partial charge in [-0.2, -0.15) is 18.3 Å². The molecule has 1 spiro atoms. The Kier molecular flexibility index (Phi) is 5.78. The Morgan fingerprint density at radius 3 is 2.70 bits per heavy atom. The number of alkyl halides is 3. The van der Waals surface area contributed by atoms with Crippen LogP contribution in [-0.2, 0) is 28.7 Å². The number of anilines is 1. The SMILES string of the molecule is O=C1Nc2ncccc2C2(CCN(C(=O)N[C@@H]3Cc4cc(Cl)c5[nH]ncc5c4Cn4c(C5(C(F)(F)F)CC5)cnc43)CC2)O1. The van der Waals surface area contributed by atoms with E-state index in [4.69, 9.17) is 16.3 Å². The van der Waals surface area contributed by atoms with Crippen LogP contribution >= 0.6 is 11.6 Å². The zero-order valence-corrected chi connectivity index (χ0v) is 23.9. The van der Waals surface area contributed by atoms with Crippen LogP contribution in [0.3, 0.4) is 0 Å². The topological polar surface area (TPSA) is 130 Å². The number of carbonyl (C=O) groups is 2. The van der Waals surface area contributed by atoms with Crippen molar-refractivity contribution < 1.29 is 27.5 Å². The fourth-order valence-electron chi connectivity index (χ4n) is 7.07. The van der Waals surface area contributed by atoms with E-state index in [-0.39, 0.29) is 50.6 Å². The summed E-state index contributed by atoms with van der Waals surface area (Å²) in [6.45, 7) is 0.709. The van der Waals surface area contributed by atoms with Crippen LogP contribution in [0.2, 0.25) is 5.02 Å². The number of piperidine rings is 1. The first-order chi connectivity index (χ1) is 21.1. The number of nitrogens with one attached hydrogen (secondary N) is 3. The fourth-order valence-corrected chi connectivity index (χ4v) is 7.35. The first-order valence-electron chi connectivity index (χ1n) is 14.4. The number of halogens is 4. The molecule has 15 heteroatoms. The quantitative estimate of drug-likeness (QED) is 0.277. The first-order valence-corrected chi connectivity index (χ1v) is 14.7. The summed E-state index contributed by atoms with van der Waals surface area (Å²) in [5, 5.41) is 13.8. The number of fused-ring (bicyclic) bond motifs is 6. The van der Waals surface area contributed by atoms with Crippen molar-refractivity contribution in [2.24, 2.45) is 0 Å². The number of H-pyrrole nitrogens is 1. The van der Waals surface area contributed by atoms with Gasteiger partial charge >= 0.3 is 18.3 Å². The van der Waals surface area contributed by atoms with Crippen LogP contribution in [0.25, 0.3) is 10.9 Å². The third-order valence-electron chi connectivity index (χ3n) is 9.58. The van der Waals surface area contributed by atoms with Gasteiger partial charge in [0.1, 0.15) is 22.7 Å². The average Bonchev–Trinajstić information content (AvgIpc) is 3.52. The monoisotopic (exact) mass is 626 g/mol. The number of ether oxygens (including phenoxy) is 1. The molecule has 4 aliphatic rings. The van der Waals surface area contributed by atoms with Crippen LogP contribution < -0.4 is 10.6 Å². The van der Waals surface area contributed by atoms with E-state index in [1.165, 1.54) is 6.20 Å². The summed E-state index contributed by atoms with van der Waals surface area (Å²) < 4.78 is 50.3. The van der Waals surface area contributed by atoms with Gasteiger partial charge < -0.3 is 19.5 Å². The number of hydrogen-bond donors (Lipinski definition) is 3. The summed E-state index contributed by atoms with van der Waals surface area (Å²) in [7, 11) is 0. The number of carbonyl (C=O) groups excluding carboxylic acids is 2. The van der Waals surface area contributed by atoms with Crippen molar-refractivity contribution in [1.29, 1.82) is 0 Å². The maximum absolute atomic E-state index is 14.3. The van der Waals surface area contributed by atoms with Crippen LogP contribution in [0.15, 0.2) is 36.8 Å². The van der Waals surface area contributed by atoms with E-state index < -0.39 is 29.3 Å². The highest BCUT2D eigenvalue weighted by molar-refractivity contribution is 6.35. The summed E-state index contributed by atoms with van der Waals surface area (Å²) in [6.07, 6.45) is 0.472. The van der Waals surface area contributed by atoms with Gasteiger partial charge in [0.15, 0.2) is 0 Å². The lowest BCUT2D eigenvalue weighted by Crippen LogP contribution is -2.52. The maximum Gasteiger partial charge on any atom is 0.413 e. The predicted molar refractivity (Wildman–Crippen MR) is 151 cm³/mol. The Labute approximate surface area is 253 Å². The number of amides is 3. The van der Waals surface area contributed by atoms with Gasteiger partial charge in [-0.15, -0.1) is 0 Å². The second-order valence-electron chi connectivity index (χ2n) is 11.9. The molecule has 11 nitrogen and oxygen atoms in total. The minimum Gasteiger partial charge on any atom is -0.437 e. The van der Waals surface area contributed by atoms with Crippen molar-refractivity contribution in [3.05, 3.63) is 70.0 Å². The number of hydrogen-bond acceptors (Lipinski definition) is 6. The second kappa shape index (κ2) is 9.34. The summed E-state index contributed by atoms with van der Waals surface area (Å²) in [6, 6.07) is 4.30. The minimum absolute atomic E-state index is 0.0124. The van der Waals surface area contributed by atoms with Crippen LogP contribution in [0, 0.1) is 0 Å². The van der Waals surface area contributed by atoms with Crippen molar-refractivity contribution in [1.82, 2.24) is 34.9 Å². The van der Waals surface area contributed by atoms with Crippen LogP contribution in [0.4, 0.5) is 28.6 Å². The number of aromatic amines is 1. The largest absolute Gasteiger partial charge is 0.437 e. The van der Waals surface area contributed by atoms with Crippen molar-refractivity contribution in [2.45, 2.75) is 61.9 Å². The Morgan fingerprint density at radius 2 is 1.95 bits per heavy atom. The molecule has 4 aromatic rings. The Balaban J connectivity index is 1.11. The molecule has 1 aliphatic carbocycles. The van der Waals surface area contributed by atoms with Gasteiger partial charge in [-0.3, -0.25) is 10.4 Å². The number of benzene rings is 1. The van der Waals surface area contributed by atoms with E-state index in [9.17, 15) is 22.8 Å². The van der Waals surface area contributed by atoms with E-state index in [0.717, 1.165) is 22.1 Å². The van der Waals surface area contributed by atoms with E-state index in [0.29, 0.717) is 35.0 Å².